The van der Waals surface area contributed by atoms with E-state index in [1.165, 1.54) is 0 Å². The van der Waals surface area contributed by atoms with Crippen LogP contribution in [-0.4, -0.2) is 41.3 Å². The van der Waals surface area contributed by atoms with E-state index in [9.17, 15) is 9.59 Å². The molecule has 7 heteroatoms. The fourth-order valence-corrected chi connectivity index (χ4v) is 3.90. The molecule has 1 aliphatic heterocycles. The Labute approximate surface area is 164 Å². The molecule has 1 atom stereocenters. The van der Waals surface area contributed by atoms with E-state index in [0.29, 0.717) is 11.8 Å². The zero-order valence-corrected chi connectivity index (χ0v) is 16.6. The van der Waals surface area contributed by atoms with Crippen LogP contribution in [0.3, 0.4) is 0 Å². The minimum atomic E-state index is -0.190. The van der Waals surface area contributed by atoms with Gasteiger partial charge in [-0.3, -0.25) is 14.3 Å². The molecule has 148 valence electrons. The third-order valence-electron chi connectivity index (χ3n) is 5.55. The lowest BCUT2D eigenvalue weighted by atomic mass is 9.92. The maximum absolute atomic E-state index is 12.2. The Morgan fingerprint density at radius 3 is 2.75 bits per heavy atom. The second-order valence-corrected chi connectivity index (χ2v) is 7.62. The Bertz CT molecular complexity index is 916. The Morgan fingerprint density at radius 1 is 1.29 bits per heavy atom. The quantitative estimate of drug-likeness (QED) is 0.863. The highest BCUT2D eigenvalue weighted by Crippen LogP contribution is 2.43. The van der Waals surface area contributed by atoms with Crippen molar-refractivity contribution in [1.29, 1.82) is 0 Å². The molecule has 1 unspecified atom stereocenters. The van der Waals surface area contributed by atoms with Crippen LogP contribution in [0.25, 0.3) is 11.1 Å². The van der Waals surface area contributed by atoms with E-state index in [4.69, 9.17) is 4.74 Å². The summed E-state index contributed by atoms with van der Waals surface area (Å²) in [6, 6.07) is 4.60. The van der Waals surface area contributed by atoms with Crippen LogP contribution >= 0.6 is 0 Å². The first-order valence-electron chi connectivity index (χ1n) is 9.83. The van der Waals surface area contributed by atoms with Crippen LogP contribution in [0.1, 0.15) is 44.7 Å². The highest BCUT2D eigenvalue weighted by Gasteiger charge is 2.31. The minimum absolute atomic E-state index is 0.0139. The minimum Gasteiger partial charge on any atom is -0.483 e. The number of hydrogen-bond donors (Lipinski definition) is 1. The lowest BCUT2D eigenvalue weighted by Gasteiger charge is -2.36. The van der Waals surface area contributed by atoms with Crippen molar-refractivity contribution in [3.63, 3.8) is 0 Å². The molecule has 1 N–H and O–H groups in total. The molecule has 7 nitrogen and oxygen atoms in total. The normalized spacial score (nSPS) is 18.5. The maximum atomic E-state index is 12.2. The number of likely N-dealkylation sites (N-methyl/N-ethyl adjacent to an activating group) is 1. The Kier molecular flexibility index (Phi) is 4.83. The van der Waals surface area contributed by atoms with Gasteiger partial charge >= 0.3 is 0 Å². The van der Waals surface area contributed by atoms with E-state index in [2.05, 4.69) is 17.3 Å². The summed E-state index contributed by atoms with van der Waals surface area (Å²) >= 11 is 0. The van der Waals surface area contributed by atoms with E-state index in [1.54, 1.807) is 14.0 Å². The number of carbonyl (C=O) groups is 2. The fraction of sp³-hybridized carbons (Fsp3) is 0.476. The molecule has 28 heavy (non-hydrogen) atoms. The summed E-state index contributed by atoms with van der Waals surface area (Å²) in [7, 11) is 1.59. The zero-order chi connectivity index (χ0) is 19.8. The average Bonchev–Trinajstić information content (AvgIpc) is 3.42. The molecule has 2 aromatic rings. The largest absolute Gasteiger partial charge is 0.483 e. The molecule has 1 aromatic carbocycles. The summed E-state index contributed by atoms with van der Waals surface area (Å²) < 4.78 is 8.01. The number of rotatable bonds is 5. The third-order valence-corrected chi connectivity index (χ3v) is 5.55. The number of carbonyl (C=O) groups excluding carboxylic acids is 2. The van der Waals surface area contributed by atoms with Gasteiger partial charge in [-0.15, -0.1) is 0 Å². The molecule has 2 aliphatic rings. The molecule has 0 saturated heterocycles. The third kappa shape index (κ3) is 3.37. The number of amides is 2. The predicted octanol–water partition coefficient (Wildman–Crippen LogP) is 2.70. The molecular weight excluding hydrogens is 356 g/mol. The lowest BCUT2D eigenvalue weighted by molar-refractivity contribution is -0.122. The number of nitrogens with one attached hydrogen (secondary N) is 1. The van der Waals surface area contributed by atoms with Gasteiger partial charge in [-0.1, -0.05) is 0 Å². The monoisotopic (exact) mass is 382 g/mol. The first-order chi connectivity index (χ1) is 13.5. The highest BCUT2D eigenvalue weighted by atomic mass is 16.5. The Morgan fingerprint density at radius 2 is 2.07 bits per heavy atom. The molecule has 1 aliphatic carbocycles. The number of fused-ring (bicyclic) bond motifs is 1. The Hall–Kier alpha value is -2.83. The second kappa shape index (κ2) is 7.30. The summed E-state index contributed by atoms with van der Waals surface area (Å²) in [6.07, 6.45) is 7.87. The van der Waals surface area contributed by atoms with Gasteiger partial charge in [-0.25, -0.2) is 0 Å². The summed E-state index contributed by atoms with van der Waals surface area (Å²) in [5.41, 5.74) is 3.73. The topological polar surface area (TPSA) is 76.5 Å². The molecule has 2 amide bonds. The van der Waals surface area contributed by atoms with Gasteiger partial charge in [0.25, 0.3) is 5.91 Å². The molecule has 4 rings (SSSR count). The standard InChI is InChI=1S/C21H26N4O3/c1-13-4-7-18-19(25(13)14(2)26)9-8-17(21(18)28-12-20(27)22-3)15-10-23-24(11-15)16-5-6-16/h8-11,13,16H,4-7,12H2,1-3H3,(H,22,27). The molecule has 0 spiro atoms. The van der Waals surface area contributed by atoms with Gasteiger partial charge in [-0.05, 0) is 44.7 Å². The van der Waals surface area contributed by atoms with Gasteiger partial charge in [0.2, 0.25) is 5.91 Å². The highest BCUT2D eigenvalue weighted by molar-refractivity contribution is 5.95. The molecule has 0 radical (unpaired) electrons. The van der Waals surface area contributed by atoms with Gasteiger partial charge in [0, 0.05) is 42.9 Å². The molecule has 2 heterocycles. The number of ether oxygens (including phenoxy) is 1. The first kappa shape index (κ1) is 18.5. The summed E-state index contributed by atoms with van der Waals surface area (Å²) in [4.78, 5) is 25.9. The maximum Gasteiger partial charge on any atom is 0.257 e. The van der Waals surface area contributed by atoms with Crippen LogP contribution < -0.4 is 15.0 Å². The summed E-state index contributed by atoms with van der Waals surface area (Å²) in [5.74, 6) is 0.499. The smallest absolute Gasteiger partial charge is 0.257 e. The first-order valence-corrected chi connectivity index (χ1v) is 9.83. The van der Waals surface area contributed by atoms with Crippen LogP contribution in [-0.2, 0) is 16.0 Å². The van der Waals surface area contributed by atoms with Crippen LogP contribution in [0, 0.1) is 0 Å². The molecule has 1 saturated carbocycles. The SMILES string of the molecule is CNC(=O)COc1c(-c2cnn(C3CC3)c2)ccc2c1CCC(C)N2C(C)=O. The van der Waals surface area contributed by atoms with E-state index >= 15 is 0 Å². The van der Waals surface area contributed by atoms with Crippen molar-refractivity contribution in [2.45, 2.75) is 51.6 Å². The van der Waals surface area contributed by atoms with E-state index in [0.717, 1.165) is 48.1 Å². The van der Waals surface area contributed by atoms with Crippen molar-refractivity contribution in [3.05, 3.63) is 30.1 Å². The van der Waals surface area contributed by atoms with Crippen molar-refractivity contribution >= 4 is 17.5 Å². The number of benzene rings is 1. The van der Waals surface area contributed by atoms with Crippen molar-refractivity contribution < 1.29 is 14.3 Å². The molecule has 0 bridgehead atoms. The van der Waals surface area contributed by atoms with Crippen LogP contribution in [0.2, 0.25) is 0 Å². The predicted molar refractivity (Wildman–Crippen MR) is 106 cm³/mol. The number of nitrogens with zero attached hydrogens (tertiary/aromatic N) is 3. The molecular formula is C21H26N4O3. The van der Waals surface area contributed by atoms with E-state index < -0.39 is 0 Å². The van der Waals surface area contributed by atoms with Crippen molar-refractivity contribution in [2.75, 3.05) is 18.6 Å². The lowest BCUT2D eigenvalue weighted by Crippen LogP contribution is -2.41. The van der Waals surface area contributed by atoms with Crippen molar-refractivity contribution in [3.8, 4) is 16.9 Å². The van der Waals surface area contributed by atoms with Crippen LogP contribution in [0.4, 0.5) is 5.69 Å². The van der Waals surface area contributed by atoms with Gasteiger partial charge in [0.15, 0.2) is 6.61 Å². The number of aromatic nitrogens is 2. The average molecular weight is 382 g/mol. The van der Waals surface area contributed by atoms with Crippen LogP contribution in [0.15, 0.2) is 24.5 Å². The summed E-state index contributed by atoms with van der Waals surface area (Å²) in [6.45, 7) is 3.58. The van der Waals surface area contributed by atoms with Gasteiger partial charge in [-0.2, -0.15) is 5.10 Å². The molecule has 1 aromatic heterocycles. The van der Waals surface area contributed by atoms with Crippen molar-refractivity contribution in [2.24, 2.45) is 0 Å². The fourth-order valence-electron chi connectivity index (χ4n) is 3.90. The second-order valence-electron chi connectivity index (χ2n) is 7.62. The van der Waals surface area contributed by atoms with Crippen LogP contribution in [0.5, 0.6) is 5.75 Å². The summed E-state index contributed by atoms with van der Waals surface area (Å²) in [5, 5.41) is 7.08. The number of hydrogen-bond acceptors (Lipinski definition) is 4. The molecule has 1 fully saturated rings. The zero-order valence-electron chi connectivity index (χ0n) is 16.6. The van der Waals surface area contributed by atoms with E-state index in [-0.39, 0.29) is 24.5 Å². The van der Waals surface area contributed by atoms with Gasteiger partial charge in [0.1, 0.15) is 5.75 Å². The Balaban J connectivity index is 1.78. The number of anilines is 1. The van der Waals surface area contributed by atoms with Crippen molar-refractivity contribution in [1.82, 2.24) is 15.1 Å². The van der Waals surface area contributed by atoms with E-state index in [1.807, 2.05) is 34.1 Å². The van der Waals surface area contributed by atoms with Gasteiger partial charge < -0.3 is 15.0 Å². The van der Waals surface area contributed by atoms with Gasteiger partial charge in [0.05, 0.1) is 17.9 Å².